The molecule has 1 heterocycles. The Morgan fingerprint density at radius 3 is 2.84 bits per heavy atom. The van der Waals surface area contributed by atoms with E-state index in [1.165, 1.54) is 0 Å². The highest BCUT2D eigenvalue weighted by Crippen LogP contribution is 2.17. The molecule has 1 saturated heterocycles. The summed E-state index contributed by atoms with van der Waals surface area (Å²) in [5, 5.41) is 8.98. The number of ether oxygens (including phenoxy) is 1. The van der Waals surface area contributed by atoms with E-state index in [1.54, 1.807) is 18.2 Å². The number of hydrogen-bond acceptors (Lipinski definition) is 3. The number of benzene rings is 1. The van der Waals surface area contributed by atoms with Crippen LogP contribution in [0.3, 0.4) is 0 Å². The van der Waals surface area contributed by atoms with E-state index in [-0.39, 0.29) is 0 Å². The zero-order valence-electron chi connectivity index (χ0n) is 11.3. The number of rotatable bonds is 5. The molecule has 1 aromatic rings. The first kappa shape index (κ1) is 14.0. The van der Waals surface area contributed by atoms with Crippen LogP contribution < -0.4 is 0 Å². The van der Waals surface area contributed by atoms with Gasteiger partial charge in [-0.05, 0) is 43.5 Å². The van der Waals surface area contributed by atoms with E-state index in [1.807, 2.05) is 6.07 Å². The van der Waals surface area contributed by atoms with Crippen molar-refractivity contribution in [3.05, 3.63) is 35.4 Å². The Morgan fingerprint density at radius 1 is 1.42 bits per heavy atom. The van der Waals surface area contributed by atoms with Crippen molar-refractivity contribution in [3.8, 4) is 0 Å². The van der Waals surface area contributed by atoms with E-state index in [0.29, 0.717) is 11.5 Å². The third-order valence-corrected chi connectivity index (χ3v) is 3.54. The molecule has 0 aliphatic carbocycles. The van der Waals surface area contributed by atoms with Crippen molar-refractivity contribution in [3.63, 3.8) is 0 Å². The molecule has 0 saturated carbocycles. The second-order valence-electron chi connectivity index (χ2n) is 5.26. The first-order valence-corrected chi connectivity index (χ1v) is 6.73. The molecule has 4 heteroatoms. The lowest BCUT2D eigenvalue weighted by Crippen LogP contribution is -2.29. The van der Waals surface area contributed by atoms with Gasteiger partial charge in [-0.15, -0.1) is 0 Å². The first-order chi connectivity index (χ1) is 9.15. The van der Waals surface area contributed by atoms with Gasteiger partial charge in [-0.2, -0.15) is 0 Å². The number of carbonyl (C=O) groups is 1. The fourth-order valence-corrected chi connectivity index (χ4v) is 2.55. The van der Waals surface area contributed by atoms with E-state index in [4.69, 9.17) is 9.84 Å². The van der Waals surface area contributed by atoms with Crippen molar-refractivity contribution < 1.29 is 14.6 Å². The van der Waals surface area contributed by atoms with E-state index in [0.717, 1.165) is 44.7 Å². The molecule has 0 spiro atoms. The van der Waals surface area contributed by atoms with Gasteiger partial charge in [0.15, 0.2) is 0 Å². The third-order valence-electron chi connectivity index (χ3n) is 3.54. The molecule has 0 atom stereocenters. The molecular weight excluding hydrogens is 242 g/mol. The zero-order chi connectivity index (χ0) is 13.7. The number of hydrogen-bond donors (Lipinski definition) is 1. The molecule has 1 aromatic carbocycles. The number of carboxylic acid groups (broad SMARTS) is 1. The maximum absolute atomic E-state index is 10.9. The highest BCUT2D eigenvalue weighted by atomic mass is 16.5. The van der Waals surface area contributed by atoms with Crippen LogP contribution in [0.15, 0.2) is 24.3 Å². The minimum absolute atomic E-state index is 0.358. The van der Waals surface area contributed by atoms with Crippen LogP contribution >= 0.6 is 0 Å². The fourth-order valence-electron chi connectivity index (χ4n) is 2.55. The molecule has 2 rings (SSSR count). The summed E-state index contributed by atoms with van der Waals surface area (Å²) in [6.45, 7) is 3.57. The van der Waals surface area contributed by atoms with Crippen molar-refractivity contribution >= 4 is 5.97 Å². The second kappa shape index (κ2) is 6.68. The summed E-state index contributed by atoms with van der Waals surface area (Å²) in [5.41, 5.74) is 1.41. The summed E-state index contributed by atoms with van der Waals surface area (Å²) in [7, 11) is 2.09. The van der Waals surface area contributed by atoms with Gasteiger partial charge in [0.05, 0.1) is 5.56 Å². The zero-order valence-corrected chi connectivity index (χ0v) is 11.3. The van der Waals surface area contributed by atoms with Gasteiger partial charge >= 0.3 is 5.97 Å². The molecule has 0 radical (unpaired) electrons. The fraction of sp³-hybridized carbons (Fsp3) is 0.533. The highest BCUT2D eigenvalue weighted by molar-refractivity contribution is 5.87. The monoisotopic (exact) mass is 263 g/mol. The molecule has 1 N–H and O–H groups in total. The van der Waals surface area contributed by atoms with Gasteiger partial charge in [0.1, 0.15) is 0 Å². The van der Waals surface area contributed by atoms with Gasteiger partial charge in [-0.3, -0.25) is 0 Å². The summed E-state index contributed by atoms with van der Waals surface area (Å²) in [6, 6.07) is 7.17. The average molecular weight is 263 g/mol. The van der Waals surface area contributed by atoms with Crippen LogP contribution in [0.4, 0.5) is 0 Å². The molecule has 0 bridgehead atoms. The van der Waals surface area contributed by atoms with Crippen molar-refractivity contribution in [1.82, 2.24) is 4.90 Å². The van der Waals surface area contributed by atoms with Gasteiger partial charge in [-0.1, -0.05) is 12.1 Å². The van der Waals surface area contributed by atoms with Crippen LogP contribution in [-0.2, 0) is 11.3 Å². The Labute approximate surface area is 114 Å². The normalized spacial score (nSPS) is 16.7. The number of carboxylic acids is 1. The summed E-state index contributed by atoms with van der Waals surface area (Å²) < 4.78 is 5.36. The molecule has 1 aliphatic rings. The summed E-state index contributed by atoms with van der Waals surface area (Å²) >= 11 is 0. The van der Waals surface area contributed by atoms with Crippen LogP contribution in [-0.4, -0.2) is 42.8 Å². The highest BCUT2D eigenvalue weighted by Gasteiger charge is 2.16. The van der Waals surface area contributed by atoms with Crippen LogP contribution in [0.5, 0.6) is 0 Å². The third kappa shape index (κ3) is 4.33. The van der Waals surface area contributed by atoms with Crippen LogP contribution in [0.2, 0.25) is 0 Å². The van der Waals surface area contributed by atoms with E-state index in [2.05, 4.69) is 11.9 Å². The lowest BCUT2D eigenvalue weighted by molar-refractivity contribution is 0.0549. The Bertz CT molecular complexity index is 427. The Hall–Kier alpha value is -1.39. The predicted octanol–water partition coefficient (Wildman–Crippen LogP) is 2.24. The molecule has 0 aromatic heterocycles. The van der Waals surface area contributed by atoms with Gasteiger partial charge in [0.2, 0.25) is 0 Å². The standard InChI is InChI=1S/C15H21NO3/c1-16(10-12-5-7-19-8-6-12)11-13-3-2-4-14(9-13)15(17)18/h2-4,9,12H,5-8,10-11H2,1H3,(H,17,18). The summed E-state index contributed by atoms with van der Waals surface area (Å²) in [4.78, 5) is 13.2. The molecular formula is C15H21NO3. The summed E-state index contributed by atoms with van der Waals surface area (Å²) in [5.74, 6) is -0.171. The molecule has 1 aliphatic heterocycles. The van der Waals surface area contributed by atoms with Crippen molar-refractivity contribution in [2.45, 2.75) is 19.4 Å². The molecule has 104 valence electrons. The Kier molecular flexibility index (Phi) is 4.93. The van der Waals surface area contributed by atoms with E-state index in [9.17, 15) is 4.79 Å². The van der Waals surface area contributed by atoms with Crippen molar-refractivity contribution in [2.24, 2.45) is 5.92 Å². The largest absolute Gasteiger partial charge is 0.478 e. The lowest BCUT2D eigenvalue weighted by Gasteiger charge is -2.27. The maximum Gasteiger partial charge on any atom is 0.335 e. The molecule has 19 heavy (non-hydrogen) atoms. The van der Waals surface area contributed by atoms with E-state index < -0.39 is 5.97 Å². The van der Waals surface area contributed by atoms with E-state index >= 15 is 0 Å². The SMILES string of the molecule is CN(Cc1cccc(C(=O)O)c1)CC1CCOCC1. The quantitative estimate of drug-likeness (QED) is 0.885. The smallest absolute Gasteiger partial charge is 0.335 e. The van der Waals surface area contributed by atoms with Gasteiger partial charge < -0.3 is 14.7 Å². The van der Waals surface area contributed by atoms with Crippen LogP contribution in [0, 0.1) is 5.92 Å². The Morgan fingerprint density at radius 2 is 2.16 bits per heavy atom. The van der Waals surface area contributed by atoms with Gasteiger partial charge in [0, 0.05) is 26.3 Å². The number of aromatic carboxylic acids is 1. The minimum atomic E-state index is -0.867. The number of nitrogens with zero attached hydrogens (tertiary/aromatic N) is 1. The Balaban J connectivity index is 1.88. The average Bonchev–Trinajstić information content (AvgIpc) is 2.40. The van der Waals surface area contributed by atoms with Crippen molar-refractivity contribution in [2.75, 3.05) is 26.8 Å². The maximum atomic E-state index is 10.9. The van der Waals surface area contributed by atoms with Crippen LogP contribution in [0.25, 0.3) is 0 Å². The summed E-state index contributed by atoms with van der Waals surface area (Å²) in [6.07, 6.45) is 2.25. The lowest BCUT2D eigenvalue weighted by atomic mass is 9.99. The minimum Gasteiger partial charge on any atom is -0.478 e. The molecule has 0 unspecified atom stereocenters. The topological polar surface area (TPSA) is 49.8 Å². The van der Waals surface area contributed by atoms with Gasteiger partial charge in [-0.25, -0.2) is 4.79 Å². The first-order valence-electron chi connectivity index (χ1n) is 6.73. The van der Waals surface area contributed by atoms with Crippen LogP contribution in [0.1, 0.15) is 28.8 Å². The van der Waals surface area contributed by atoms with Gasteiger partial charge in [0.25, 0.3) is 0 Å². The van der Waals surface area contributed by atoms with Crippen molar-refractivity contribution in [1.29, 1.82) is 0 Å². The molecule has 1 fully saturated rings. The molecule has 0 amide bonds. The predicted molar refractivity (Wildman–Crippen MR) is 73.3 cm³/mol. The second-order valence-corrected chi connectivity index (χ2v) is 5.26. The molecule has 4 nitrogen and oxygen atoms in total.